The van der Waals surface area contributed by atoms with Crippen LogP contribution in [0.2, 0.25) is 0 Å². The van der Waals surface area contributed by atoms with Crippen LogP contribution < -0.4 is 5.32 Å². The molecule has 0 unspecified atom stereocenters. The van der Waals surface area contributed by atoms with Crippen molar-refractivity contribution < 1.29 is 8.42 Å². The van der Waals surface area contributed by atoms with E-state index in [-0.39, 0.29) is 11.8 Å². The van der Waals surface area contributed by atoms with E-state index in [9.17, 15) is 8.42 Å². The van der Waals surface area contributed by atoms with Gasteiger partial charge in [-0.2, -0.15) is 0 Å². The van der Waals surface area contributed by atoms with Gasteiger partial charge in [0.1, 0.15) is 9.84 Å². The molecule has 0 aromatic heterocycles. The van der Waals surface area contributed by atoms with E-state index in [1.54, 1.807) is 0 Å². The van der Waals surface area contributed by atoms with Gasteiger partial charge in [-0.05, 0) is 37.6 Å². The summed E-state index contributed by atoms with van der Waals surface area (Å²) in [6, 6.07) is 8.35. The Morgan fingerprint density at radius 2 is 1.88 bits per heavy atom. The summed E-state index contributed by atoms with van der Waals surface area (Å²) < 4.78 is 23.0. The van der Waals surface area contributed by atoms with Crippen LogP contribution in [0.4, 0.5) is 0 Å². The van der Waals surface area contributed by atoms with Crippen LogP contribution >= 0.6 is 15.9 Å². The van der Waals surface area contributed by atoms with Crippen LogP contribution in [0.25, 0.3) is 0 Å². The average molecular weight is 320 g/mol. The van der Waals surface area contributed by atoms with Gasteiger partial charge in [0, 0.05) is 16.8 Å². The van der Waals surface area contributed by atoms with Crippen LogP contribution in [-0.4, -0.2) is 27.0 Å². The molecule has 0 aliphatic rings. The van der Waals surface area contributed by atoms with Crippen molar-refractivity contribution in [3.05, 3.63) is 34.3 Å². The lowest BCUT2D eigenvalue weighted by molar-refractivity contribution is 0.562. The Hall–Kier alpha value is -0.390. The Bertz CT molecular complexity index is 442. The largest absolute Gasteiger partial charge is 0.310 e. The summed E-state index contributed by atoms with van der Waals surface area (Å²) in [5.41, 5.74) is 1.20. The first-order valence-corrected chi connectivity index (χ1v) is 8.40. The van der Waals surface area contributed by atoms with Crippen LogP contribution in [-0.2, 0) is 9.84 Å². The lowest BCUT2D eigenvalue weighted by Gasteiger charge is -2.14. The molecular formula is C12H18BrNO2S. The molecule has 0 saturated carbocycles. The molecule has 17 heavy (non-hydrogen) atoms. The van der Waals surface area contributed by atoms with E-state index in [0.717, 1.165) is 4.47 Å². The number of hydrogen-bond donors (Lipinski definition) is 1. The summed E-state index contributed by atoms with van der Waals surface area (Å²) in [4.78, 5) is 0. The first-order chi connectivity index (χ1) is 7.88. The van der Waals surface area contributed by atoms with Crippen molar-refractivity contribution in [1.82, 2.24) is 5.32 Å². The molecule has 0 aliphatic carbocycles. The highest BCUT2D eigenvalue weighted by atomic mass is 79.9. The molecule has 0 aliphatic heterocycles. The second-order valence-corrected chi connectivity index (χ2v) is 7.39. The Labute approximate surface area is 112 Å². The molecule has 0 heterocycles. The van der Waals surface area contributed by atoms with Crippen molar-refractivity contribution in [2.75, 3.05) is 18.6 Å². The summed E-state index contributed by atoms with van der Waals surface area (Å²) in [6.07, 6.45) is 1.92. The number of nitrogens with one attached hydrogen (secondary N) is 1. The molecule has 3 nitrogen and oxygen atoms in total. The van der Waals surface area contributed by atoms with Crippen LogP contribution in [0.1, 0.15) is 24.9 Å². The van der Waals surface area contributed by atoms with Gasteiger partial charge >= 0.3 is 0 Å². The van der Waals surface area contributed by atoms with Crippen LogP contribution in [0.3, 0.4) is 0 Å². The maximum absolute atomic E-state index is 11.0. The molecule has 1 aromatic rings. The van der Waals surface area contributed by atoms with Crippen molar-refractivity contribution in [2.45, 2.75) is 19.4 Å². The second kappa shape index (κ2) is 6.52. The number of halogens is 1. The predicted octanol–water partition coefficient (Wildman–Crippen LogP) is 2.53. The molecule has 0 saturated heterocycles. The molecule has 1 rings (SSSR count). The first-order valence-electron chi connectivity index (χ1n) is 5.55. The predicted molar refractivity (Wildman–Crippen MR) is 74.9 cm³/mol. The molecule has 0 radical (unpaired) electrons. The van der Waals surface area contributed by atoms with Gasteiger partial charge in [-0.3, -0.25) is 0 Å². The van der Waals surface area contributed by atoms with Crippen LogP contribution in [0.5, 0.6) is 0 Å². The number of rotatable bonds is 6. The van der Waals surface area contributed by atoms with Gasteiger partial charge in [0.15, 0.2) is 0 Å². The fraction of sp³-hybridized carbons (Fsp3) is 0.500. The number of benzene rings is 1. The number of sulfone groups is 1. The van der Waals surface area contributed by atoms with Gasteiger partial charge < -0.3 is 5.32 Å². The minimum Gasteiger partial charge on any atom is -0.310 e. The highest BCUT2D eigenvalue weighted by Crippen LogP contribution is 2.16. The van der Waals surface area contributed by atoms with Crippen molar-refractivity contribution in [3.8, 4) is 0 Å². The molecule has 0 spiro atoms. The third-order valence-electron chi connectivity index (χ3n) is 2.51. The molecular weight excluding hydrogens is 302 g/mol. The van der Waals surface area contributed by atoms with Crippen LogP contribution in [0, 0.1) is 0 Å². The zero-order valence-electron chi connectivity index (χ0n) is 10.1. The zero-order chi connectivity index (χ0) is 12.9. The minimum absolute atomic E-state index is 0.239. The Morgan fingerprint density at radius 3 is 2.41 bits per heavy atom. The maximum atomic E-state index is 11.0. The smallest absolute Gasteiger partial charge is 0.147 e. The molecule has 0 fully saturated rings. The first kappa shape index (κ1) is 14.7. The normalized spacial score (nSPS) is 13.6. The topological polar surface area (TPSA) is 46.2 Å². The van der Waals surface area contributed by atoms with E-state index in [1.165, 1.54) is 11.8 Å². The molecule has 5 heteroatoms. The highest BCUT2D eigenvalue weighted by Gasteiger charge is 2.05. The average Bonchev–Trinajstić information content (AvgIpc) is 2.24. The Balaban J connectivity index is 2.35. The summed E-state index contributed by atoms with van der Waals surface area (Å²) in [6.45, 7) is 2.79. The second-order valence-electron chi connectivity index (χ2n) is 4.21. The fourth-order valence-electron chi connectivity index (χ4n) is 1.52. The molecule has 1 aromatic carbocycles. The third kappa shape index (κ3) is 6.19. The van der Waals surface area contributed by atoms with E-state index in [4.69, 9.17) is 0 Å². The van der Waals surface area contributed by atoms with Crippen LogP contribution in [0.15, 0.2) is 28.7 Å². The number of hydrogen-bond acceptors (Lipinski definition) is 3. The van der Waals surface area contributed by atoms with Gasteiger partial charge in [0.2, 0.25) is 0 Å². The Morgan fingerprint density at radius 1 is 1.29 bits per heavy atom. The SMILES string of the molecule is C[C@@H](NCCCS(C)(=O)=O)c1ccc(Br)cc1. The van der Waals surface area contributed by atoms with E-state index in [1.807, 2.05) is 12.1 Å². The van der Waals surface area contributed by atoms with E-state index in [2.05, 4.69) is 40.3 Å². The summed E-state index contributed by atoms with van der Waals surface area (Å²) >= 11 is 3.39. The fourth-order valence-corrected chi connectivity index (χ4v) is 2.46. The Kier molecular flexibility index (Phi) is 5.62. The lowest BCUT2D eigenvalue weighted by Crippen LogP contribution is -2.21. The molecule has 1 atom stereocenters. The molecule has 96 valence electrons. The van der Waals surface area contributed by atoms with Gasteiger partial charge in [-0.1, -0.05) is 28.1 Å². The quantitative estimate of drug-likeness (QED) is 0.820. The van der Waals surface area contributed by atoms with E-state index >= 15 is 0 Å². The van der Waals surface area contributed by atoms with Crippen molar-refractivity contribution in [1.29, 1.82) is 0 Å². The minimum atomic E-state index is -2.84. The summed E-state index contributed by atoms with van der Waals surface area (Å²) in [5.74, 6) is 0.243. The highest BCUT2D eigenvalue weighted by molar-refractivity contribution is 9.10. The summed E-state index contributed by atoms with van der Waals surface area (Å²) in [5, 5.41) is 3.31. The lowest BCUT2D eigenvalue weighted by atomic mass is 10.1. The third-order valence-corrected chi connectivity index (χ3v) is 4.07. The van der Waals surface area contributed by atoms with E-state index in [0.29, 0.717) is 13.0 Å². The maximum Gasteiger partial charge on any atom is 0.147 e. The van der Waals surface area contributed by atoms with Crippen molar-refractivity contribution in [3.63, 3.8) is 0 Å². The van der Waals surface area contributed by atoms with Crippen molar-refractivity contribution >= 4 is 25.8 Å². The monoisotopic (exact) mass is 319 g/mol. The van der Waals surface area contributed by atoms with Gasteiger partial charge in [0.05, 0.1) is 5.75 Å². The van der Waals surface area contributed by atoms with Gasteiger partial charge in [0.25, 0.3) is 0 Å². The van der Waals surface area contributed by atoms with Crippen molar-refractivity contribution in [2.24, 2.45) is 0 Å². The van der Waals surface area contributed by atoms with Gasteiger partial charge in [-0.25, -0.2) is 8.42 Å². The standard InChI is InChI=1S/C12H18BrNO2S/c1-10(11-4-6-12(13)7-5-11)14-8-3-9-17(2,15)16/h4-7,10,14H,3,8-9H2,1-2H3/t10-/m1/s1. The molecule has 0 amide bonds. The van der Waals surface area contributed by atoms with Gasteiger partial charge in [-0.15, -0.1) is 0 Å². The molecule has 1 N–H and O–H groups in total. The molecule has 0 bridgehead atoms. The van der Waals surface area contributed by atoms with E-state index < -0.39 is 9.84 Å². The zero-order valence-corrected chi connectivity index (χ0v) is 12.5. The summed E-state index contributed by atoms with van der Waals surface area (Å²) in [7, 11) is -2.84.